The predicted molar refractivity (Wildman–Crippen MR) is 136 cm³/mol. The zero-order chi connectivity index (χ0) is 23.5. The number of rotatable bonds is 5. The van der Waals surface area contributed by atoms with Gasteiger partial charge in [0.25, 0.3) is 5.56 Å². The van der Waals surface area contributed by atoms with Crippen molar-refractivity contribution in [3.63, 3.8) is 0 Å². The van der Waals surface area contributed by atoms with Gasteiger partial charge in [0.1, 0.15) is 5.82 Å². The maximum Gasteiger partial charge on any atom is 0.322 e. The van der Waals surface area contributed by atoms with Gasteiger partial charge in [-0.2, -0.15) is 0 Å². The molecule has 0 fully saturated rings. The molecule has 1 unspecified atom stereocenters. The van der Waals surface area contributed by atoms with Gasteiger partial charge in [0, 0.05) is 11.5 Å². The number of amides is 2. The molecule has 0 radical (unpaired) electrons. The number of nitrogens with zero attached hydrogens (tertiary/aromatic N) is 3. The molecule has 7 heteroatoms. The van der Waals surface area contributed by atoms with Crippen LogP contribution in [0.15, 0.2) is 82.1 Å². The third-order valence-corrected chi connectivity index (χ3v) is 6.49. The maximum atomic E-state index is 13.5. The van der Waals surface area contributed by atoms with Gasteiger partial charge in [0.15, 0.2) is 0 Å². The van der Waals surface area contributed by atoms with E-state index in [0.29, 0.717) is 22.4 Å². The Hall–Kier alpha value is -3.45. The first-order chi connectivity index (χ1) is 15.9. The van der Waals surface area contributed by atoms with E-state index in [9.17, 15) is 9.59 Å². The van der Waals surface area contributed by atoms with Crippen LogP contribution >= 0.6 is 15.9 Å². The highest BCUT2D eigenvalue weighted by Crippen LogP contribution is 2.25. The van der Waals surface area contributed by atoms with Gasteiger partial charge < -0.3 is 10.2 Å². The quantitative estimate of drug-likeness (QED) is 0.365. The lowest BCUT2D eigenvalue weighted by molar-refractivity contribution is 0.205. The molecule has 6 nitrogen and oxygen atoms in total. The van der Waals surface area contributed by atoms with Crippen molar-refractivity contribution < 1.29 is 4.79 Å². The number of carbonyl (C=O) groups is 1. The van der Waals surface area contributed by atoms with E-state index in [4.69, 9.17) is 4.98 Å². The first-order valence-corrected chi connectivity index (χ1v) is 11.6. The molecule has 0 spiro atoms. The Bertz CT molecular complexity index is 1370. The highest BCUT2D eigenvalue weighted by atomic mass is 79.9. The van der Waals surface area contributed by atoms with Gasteiger partial charge in [0.2, 0.25) is 0 Å². The van der Waals surface area contributed by atoms with Crippen LogP contribution in [-0.2, 0) is 6.42 Å². The molecule has 0 aliphatic rings. The SMILES string of the molecule is CCc1ccc(-n2c(C(C)N(C)C(=O)Nc3ccccc3Br)nc3ccccc3c2=O)cc1. The molecule has 4 aromatic rings. The second-order valence-corrected chi connectivity index (χ2v) is 8.70. The van der Waals surface area contributed by atoms with Gasteiger partial charge in [0.05, 0.1) is 28.3 Å². The molecule has 0 aliphatic carbocycles. The van der Waals surface area contributed by atoms with Crippen LogP contribution in [0.1, 0.15) is 31.3 Å². The zero-order valence-corrected chi connectivity index (χ0v) is 20.3. The Kier molecular flexibility index (Phi) is 6.60. The van der Waals surface area contributed by atoms with Crippen LogP contribution in [0.2, 0.25) is 0 Å². The average Bonchev–Trinajstić information content (AvgIpc) is 2.84. The second kappa shape index (κ2) is 9.58. The highest BCUT2D eigenvalue weighted by Gasteiger charge is 2.24. The van der Waals surface area contributed by atoms with Crippen molar-refractivity contribution in [2.24, 2.45) is 0 Å². The fourth-order valence-corrected chi connectivity index (χ4v) is 4.06. The fraction of sp³-hybridized carbons (Fsp3) is 0.192. The summed E-state index contributed by atoms with van der Waals surface area (Å²) < 4.78 is 2.39. The Morgan fingerprint density at radius 1 is 1.06 bits per heavy atom. The molecule has 0 aliphatic heterocycles. The molecule has 1 heterocycles. The molecular weight excluding hydrogens is 480 g/mol. The number of aromatic nitrogens is 2. The Labute approximate surface area is 201 Å². The number of aryl methyl sites for hydroxylation is 1. The predicted octanol–water partition coefficient (Wildman–Crippen LogP) is 5.94. The van der Waals surface area contributed by atoms with Crippen LogP contribution in [0.4, 0.5) is 10.5 Å². The minimum Gasteiger partial charge on any atom is -0.318 e. The van der Waals surface area contributed by atoms with Gasteiger partial charge in [-0.3, -0.25) is 9.36 Å². The van der Waals surface area contributed by atoms with E-state index in [1.807, 2.05) is 73.7 Å². The summed E-state index contributed by atoms with van der Waals surface area (Å²) in [5.74, 6) is 0.493. The monoisotopic (exact) mass is 504 g/mol. The fourth-order valence-electron chi connectivity index (χ4n) is 3.68. The molecule has 1 aromatic heterocycles. The van der Waals surface area contributed by atoms with Crippen LogP contribution < -0.4 is 10.9 Å². The third-order valence-electron chi connectivity index (χ3n) is 5.79. The molecule has 0 saturated carbocycles. The lowest BCUT2D eigenvalue weighted by Gasteiger charge is -2.27. The van der Waals surface area contributed by atoms with Gasteiger partial charge >= 0.3 is 6.03 Å². The zero-order valence-electron chi connectivity index (χ0n) is 18.7. The molecule has 0 bridgehead atoms. The molecule has 1 atom stereocenters. The summed E-state index contributed by atoms with van der Waals surface area (Å²) in [5.41, 5.74) is 3.01. The van der Waals surface area contributed by atoms with E-state index in [0.717, 1.165) is 16.6 Å². The van der Waals surface area contributed by atoms with Crippen molar-refractivity contribution in [1.29, 1.82) is 0 Å². The summed E-state index contributed by atoms with van der Waals surface area (Å²) in [6, 6.07) is 21.8. The molecule has 33 heavy (non-hydrogen) atoms. The lowest BCUT2D eigenvalue weighted by Crippen LogP contribution is -2.37. The standard InChI is InChI=1S/C26H25BrN4O2/c1-4-18-13-15-19(16-14-18)31-24(28-22-11-7-5-9-20(22)25(31)32)17(2)30(3)26(33)29-23-12-8-6-10-21(23)27/h5-17H,4H2,1-3H3,(H,29,33). The van der Waals surface area contributed by atoms with Crippen molar-refractivity contribution in [1.82, 2.24) is 14.5 Å². The van der Waals surface area contributed by atoms with Crippen LogP contribution in [-0.4, -0.2) is 27.5 Å². The van der Waals surface area contributed by atoms with Crippen LogP contribution in [0.3, 0.4) is 0 Å². The number of hydrogen-bond acceptors (Lipinski definition) is 3. The molecule has 0 saturated heterocycles. The Morgan fingerprint density at radius 2 is 1.73 bits per heavy atom. The minimum atomic E-state index is -0.476. The Morgan fingerprint density at radius 3 is 2.42 bits per heavy atom. The van der Waals surface area contributed by atoms with Crippen molar-refractivity contribution in [2.75, 3.05) is 12.4 Å². The number of benzene rings is 3. The van der Waals surface area contributed by atoms with E-state index < -0.39 is 6.04 Å². The minimum absolute atomic E-state index is 0.161. The molecule has 4 rings (SSSR count). The number of carbonyl (C=O) groups excluding carboxylic acids is 1. The third kappa shape index (κ3) is 4.54. The summed E-state index contributed by atoms with van der Waals surface area (Å²) in [5, 5.41) is 3.45. The average molecular weight is 505 g/mol. The highest BCUT2D eigenvalue weighted by molar-refractivity contribution is 9.10. The topological polar surface area (TPSA) is 67.2 Å². The van der Waals surface area contributed by atoms with Crippen molar-refractivity contribution in [3.05, 3.63) is 99.0 Å². The van der Waals surface area contributed by atoms with E-state index in [-0.39, 0.29) is 11.6 Å². The van der Waals surface area contributed by atoms with Gasteiger partial charge in [-0.1, -0.05) is 43.3 Å². The van der Waals surface area contributed by atoms with E-state index >= 15 is 0 Å². The second-order valence-electron chi connectivity index (χ2n) is 7.84. The number of anilines is 1. The molecule has 2 amide bonds. The molecule has 3 aromatic carbocycles. The summed E-state index contributed by atoms with van der Waals surface area (Å²) >= 11 is 3.46. The number of urea groups is 1. The van der Waals surface area contributed by atoms with Gasteiger partial charge in [-0.15, -0.1) is 0 Å². The van der Waals surface area contributed by atoms with Crippen molar-refractivity contribution >= 4 is 38.6 Å². The van der Waals surface area contributed by atoms with E-state index in [2.05, 4.69) is 28.2 Å². The van der Waals surface area contributed by atoms with Crippen LogP contribution in [0.25, 0.3) is 16.6 Å². The summed E-state index contributed by atoms with van der Waals surface area (Å²) in [4.78, 5) is 32.9. The largest absolute Gasteiger partial charge is 0.322 e. The number of para-hydroxylation sites is 2. The first-order valence-electron chi connectivity index (χ1n) is 10.8. The number of nitrogens with one attached hydrogen (secondary N) is 1. The first kappa shape index (κ1) is 22.7. The molecular formula is C26H25BrN4O2. The molecule has 1 N–H and O–H groups in total. The van der Waals surface area contributed by atoms with Gasteiger partial charge in [-0.25, -0.2) is 9.78 Å². The van der Waals surface area contributed by atoms with Crippen molar-refractivity contribution in [3.8, 4) is 5.69 Å². The van der Waals surface area contributed by atoms with Gasteiger partial charge in [-0.05, 0) is 71.2 Å². The Balaban J connectivity index is 1.78. The normalized spacial score (nSPS) is 11.9. The van der Waals surface area contributed by atoms with E-state index in [1.54, 1.807) is 22.6 Å². The lowest BCUT2D eigenvalue weighted by atomic mass is 10.1. The summed E-state index contributed by atoms with van der Waals surface area (Å²) in [6.45, 7) is 3.96. The van der Waals surface area contributed by atoms with Crippen molar-refractivity contribution in [2.45, 2.75) is 26.3 Å². The number of hydrogen-bond donors (Lipinski definition) is 1. The van der Waals surface area contributed by atoms with Crippen LogP contribution in [0, 0.1) is 0 Å². The summed E-state index contributed by atoms with van der Waals surface area (Å²) in [7, 11) is 1.70. The van der Waals surface area contributed by atoms with E-state index in [1.165, 1.54) is 5.56 Å². The number of halogens is 1. The van der Waals surface area contributed by atoms with Crippen LogP contribution in [0.5, 0.6) is 0 Å². The smallest absolute Gasteiger partial charge is 0.318 e. The maximum absolute atomic E-state index is 13.5. The summed E-state index contributed by atoms with van der Waals surface area (Å²) in [6.07, 6.45) is 0.909. The molecule has 168 valence electrons. The number of fused-ring (bicyclic) bond motifs is 1.